The van der Waals surface area contributed by atoms with Gasteiger partial charge in [-0.05, 0) is 49.7 Å². The SMILES string of the molecule is CC1CCC(C(=O)N[C@H](C(=O)NCc2ccccn2)C(C)C)CC1. The molecule has 2 N–H and O–H groups in total. The van der Waals surface area contributed by atoms with Gasteiger partial charge >= 0.3 is 0 Å². The Bertz CT molecular complexity index is 537. The number of carbonyl (C=O) groups is 2. The van der Waals surface area contributed by atoms with Crippen LogP contribution >= 0.6 is 0 Å². The van der Waals surface area contributed by atoms with E-state index in [2.05, 4.69) is 22.5 Å². The molecule has 2 rings (SSSR count). The Balaban J connectivity index is 1.88. The number of pyridine rings is 1. The average molecular weight is 331 g/mol. The van der Waals surface area contributed by atoms with Crippen LogP contribution in [0.5, 0.6) is 0 Å². The fourth-order valence-corrected chi connectivity index (χ4v) is 3.12. The van der Waals surface area contributed by atoms with Gasteiger partial charge in [0.25, 0.3) is 0 Å². The van der Waals surface area contributed by atoms with E-state index in [1.54, 1.807) is 6.20 Å². The standard InChI is InChI=1S/C19H29N3O2/c1-13(2)17(19(24)21-12-16-6-4-5-11-20-16)22-18(23)15-9-7-14(3)8-10-15/h4-6,11,13-15,17H,7-10,12H2,1-3H3,(H,21,24)(H,22,23)/t14?,15?,17-/m0/s1. The lowest BCUT2D eigenvalue weighted by atomic mass is 9.82. The Kier molecular flexibility index (Phi) is 6.76. The third kappa shape index (κ3) is 5.32. The van der Waals surface area contributed by atoms with E-state index in [-0.39, 0.29) is 23.7 Å². The van der Waals surface area contributed by atoms with Crippen molar-refractivity contribution in [3.8, 4) is 0 Å². The maximum Gasteiger partial charge on any atom is 0.243 e. The fraction of sp³-hybridized carbons (Fsp3) is 0.632. The second-order valence-corrected chi connectivity index (χ2v) is 7.23. The van der Waals surface area contributed by atoms with Crippen LogP contribution in [0, 0.1) is 17.8 Å². The molecule has 132 valence electrons. The minimum Gasteiger partial charge on any atom is -0.349 e. The van der Waals surface area contributed by atoms with Gasteiger partial charge in [0.2, 0.25) is 11.8 Å². The average Bonchev–Trinajstić information content (AvgIpc) is 2.58. The van der Waals surface area contributed by atoms with Crippen molar-refractivity contribution < 1.29 is 9.59 Å². The van der Waals surface area contributed by atoms with E-state index in [0.29, 0.717) is 12.5 Å². The highest BCUT2D eigenvalue weighted by atomic mass is 16.2. The van der Waals surface area contributed by atoms with Gasteiger partial charge in [0.05, 0.1) is 12.2 Å². The van der Waals surface area contributed by atoms with Gasteiger partial charge in [-0.2, -0.15) is 0 Å². The lowest BCUT2D eigenvalue weighted by Crippen LogP contribution is -2.51. The van der Waals surface area contributed by atoms with Crippen LogP contribution < -0.4 is 10.6 Å². The quantitative estimate of drug-likeness (QED) is 0.842. The van der Waals surface area contributed by atoms with E-state index in [1.165, 1.54) is 0 Å². The monoisotopic (exact) mass is 331 g/mol. The molecule has 1 saturated carbocycles. The molecule has 0 bridgehead atoms. The summed E-state index contributed by atoms with van der Waals surface area (Å²) < 4.78 is 0. The van der Waals surface area contributed by atoms with Crippen LogP contribution in [0.2, 0.25) is 0 Å². The van der Waals surface area contributed by atoms with E-state index in [9.17, 15) is 9.59 Å². The van der Waals surface area contributed by atoms with Crippen molar-refractivity contribution in [2.45, 2.75) is 59.0 Å². The van der Waals surface area contributed by atoms with E-state index in [4.69, 9.17) is 0 Å². The Morgan fingerprint density at radius 3 is 2.50 bits per heavy atom. The molecule has 1 aliphatic carbocycles. The summed E-state index contributed by atoms with van der Waals surface area (Å²) in [6.07, 6.45) is 5.74. The number of aromatic nitrogens is 1. The highest BCUT2D eigenvalue weighted by Gasteiger charge is 2.29. The second-order valence-electron chi connectivity index (χ2n) is 7.23. The van der Waals surface area contributed by atoms with Crippen molar-refractivity contribution in [3.63, 3.8) is 0 Å². The molecule has 0 aromatic carbocycles. The van der Waals surface area contributed by atoms with Crippen LogP contribution in [0.3, 0.4) is 0 Å². The number of rotatable bonds is 6. The molecule has 2 amide bonds. The van der Waals surface area contributed by atoms with Gasteiger partial charge in [-0.25, -0.2) is 0 Å². The first-order chi connectivity index (χ1) is 11.5. The number of nitrogens with zero attached hydrogens (tertiary/aromatic N) is 1. The Labute approximate surface area is 144 Å². The summed E-state index contributed by atoms with van der Waals surface area (Å²) in [4.78, 5) is 29.2. The second kappa shape index (κ2) is 8.81. The van der Waals surface area contributed by atoms with Crippen LogP contribution in [0.4, 0.5) is 0 Å². The van der Waals surface area contributed by atoms with Crippen molar-refractivity contribution in [3.05, 3.63) is 30.1 Å². The summed E-state index contributed by atoms with van der Waals surface area (Å²) in [7, 11) is 0. The Hall–Kier alpha value is -1.91. The molecule has 0 aliphatic heterocycles. The molecule has 5 nitrogen and oxygen atoms in total. The van der Waals surface area contributed by atoms with Crippen molar-refractivity contribution >= 4 is 11.8 Å². The predicted molar refractivity (Wildman–Crippen MR) is 94.0 cm³/mol. The third-order valence-corrected chi connectivity index (χ3v) is 4.80. The number of amides is 2. The van der Waals surface area contributed by atoms with E-state index in [0.717, 1.165) is 31.4 Å². The van der Waals surface area contributed by atoms with Crippen molar-refractivity contribution in [1.82, 2.24) is 15.6 Å². The zero-order valence-corrected chi connectivity index (χ0v) is 14.9. The number of nitrogens with one attached hydrogen (secondary N) is 2. The summed E-state index contributed by atoms with van der Waals surface area (Å²) in [5.74, 6) is 0.671. The molecule has 1 aromatic rings. The smallest absolute Gasteiger partial charge is 0.243 e. The van der Waals surface area contributed by atoms with Crippen molar-refractivity contribution in [1.29, 1.82) is 0 Å². The maximum atomic E-state index is 12.5. The molecule has 0 saturated heterocycles. The van der Waals surface area contributed by atoms with Gasteiger partial charge < -0.3 is 10.6 Å². The van der Waals surface area contributed by atoms with Gasteiger partial charge in [0.1, 0.15) is 6.04 Å². The zero-order valence-electron chi connectivity index (χ0n) is 14.9. The minimum atomic E-state index is -0.499. The first-order valence-electron chi connectivity index (χ1n) is 8.95. The number of hydrogen-bond acceptors (Lipinski definition) is 3. The maximum absolute atomic E-state index is 12.5. The van der Waals surface area contributed by atoms with Gasteiger partial charge in [0, 0.05) is 12.1 Å². The van der Waals surface area contributed by atoms with E-state index in [1.807, 2.05) is 32.0 Å². The largest absolute Gasteiger partial charge is 0.349 e. The summed E-state index contributed by atoms with van der Waals surface area (Å²) in [5.41, 5.74) is 0.806. The summed E-state index contributed by atoms with van der Waals surface area (Å²) in [6, 6.07) is 5.10. The van der Waals surface area contributed by atoms with Gasteiger partial charge in [-0.1, -0.05) is 26.8 Å². The summed E-state index contributed by atoms with van der Waals surface area (Å²) in [5, 5.41) is 5.85. The number of hydrogen-bond donors (Lipinski definition) is 2. The lowest BCUT2D eigenvalue weighted by Gasteiger charge is -2.28. The molecular weight excluding hydrogens is 302 g/mol. The third-order valence-electron chi connectivity index (χ3n) is 4.80. The molecule has 1 heterocycles. The molecule has 1 aromatic heterocycles. The Morgan fingerprint density at radius 1 is 1.21 bits per heavy atom. The van der Waals surface area contributed by atoms with Crippen molar-refractivity contribution in [2.24, 2.45) is 17.8 Å². The van der Waals surface area contributed by atoms with Crippen LogP contribution in [0.1, 0.15) is 52.1 Å². The topological polar surface area (TPSA) is 71.1 Å². The first-order valence-corrected chi connectivity index (χ1v) is 8.95. The van der Waals surface area contributed by atoms with Crippen LogP contribution in [0.25, 0.3) is 0 Å². The van der Waals surface area contributed by atoms with Crippen LogP contribution in [-0.2, 0) is 16.1 Å². The summed E-state index contributed by atoms with van der Waals surface area (Å²) >= 11 is 0. The molecule has 0 spiro atoms. The lowest BCUT2D eigenvalue weighted by molar-refractivity contribution is -0.133. The molecule has 0 radical (unpaired) electrons. The zero-order chi connectivity index (χ0) is 17.5. The molecule has 5 heteroatoms. The molecule has 1 aliphatic rings. The molecule has 1 fully saturated rings. The highest BCUT2D eigenvalue weighted by molar-refractivity contribution is 5.88. The predicted octanol–water partition coefficient (Wildman–Crippen LogP) is 2.66. The molecule has 24 heavy (non-hydrogen) atoms. The van der Waals surface area contributed by atoms with Gasteiger partial charge in [-0.15, -0.1) is 0 Å². The van der Waals surface area contributed by atoms with E-state index >= 15 is 0 Å². The fourth-order valence-electron chi connectivity index (χ4n) is 3.12. The van der Waals surface area contributed by atoms with Crippen LogP contribution in [0.15, 0.2) is 24.4 Å². The van der Waals surface area contributed by atoms with Crippen molar-refractivity contribution in [2.75, 3.05) is 0 Å². The first kappa shape index (κ1) is 18.4. The highest BCUT2D eigenvalue weighted by Crippen LogP contribution is 2.28. The Morgan fingerprint density at radius 2 is 1.92 bits per heavy atom. The molecule has 0 unspecified atom stereocenters. The molecular formula is C19H29N3O2. The van der Waals surface area contributed by atoms with Crippen LogP contribution in [-0.4, -0.2) is 22.8 Å². The van der Waals surface area contributed by atoms with Gasteiger partial charge in [-0.3, -0.25) is 14.6 Å². The normalized spacial score (nSPS) is 22.0. The van der Waals surface area contributed by atoms with E-state index < -0.39 is 6.04 Å². The summed E-state index contributed by atoms with van der Waals surface area (Å²) in [6.45, 7) is 6.51. The van der Waals surface area contributed by atoms with Gasteiger partial charge in [0.15, 0.2) is 0 Å². The number of carbonyl (C=O) groups excluding carboxylic acids is 2. The molecule has 1 atom stereocenters. The minimum absolute atomic E-state index is 0.0218.